The summed E-state index contributed by atoms with van der Waals surface area (Å²) >= 11 is 0. The van der Waals surface area contributed by atoms with Gasteiger partial charge in [0.05, 0.1) is 7.11 Å². The summed E-state index contributed by atoms with van der Waals surface area (Å²) in [5.74, 6) is 0.999. The van der Waals surface area contributed by atoms with Crippen molar-refractivity contribution in [3.63, 3.8) is 0 Å². The monoisotopic (exact) mass is 291 g/mol. The Morgan fingerprint density at radius 1 is 1.19 bits per heavy atom. The molecule has 0 unspecified atom stereocenters. The van der Waals surface area contributed by atoms with Crippen LogP contribution in [0.25, 0.3) is 0 Å². The maximum atomic E-state index is 5.59. The molecule has 0 aliphatic carbocycles. The van der Waals surface area contributed by atoms with Crippen LogP contribution in [0, 0.1) is 5.41 Å². The molecule has 0 bridgehead atoms. The minimum Gasteiger partial charge on any atom is -0.496 e. The number of benzene rings is 1. The van der Waals surface area contributed by atoms with Crippen LogP contribution >= 0.6 is 0 Å². The van der Waals surface area contributed by atoms with Crippen molar-refractivity contribution in [2.24, 2.45) is 5.41 Å². The van der Waals surface area contributed by atoms with Crippen LogP contribution in [0.4, 0.5) is 0 Å². The van der Waals surface area contributed by atoms with E-state index in [0.717, 1.165) is 44.8 Å². The molecule has 118 valence electrons. The van der Waals surface area contributed by atoms with Crippen molar-refractivity contribution >= 4 is 0 Å². The minimum atomic E-state index is 0.145. The first-order valence-corrected chi connectivity index (χ1v) is 7.89. The zero-order valence-corrected chi connectivity index (χ0v) is 13.9. The summed E-state index contributed by atoms with van der Waals surface area (Å²) in [5, 5.41) is 3.69. The summed E-state index contributed by atoms with van der Waals surface area (Å²) < 4.78 is 11.1. The van der Waals surface area contributed by atoms with Gasteiger partial charge < -0.3 is 14.8 Å². The van der Waals surface area contributed by atoms with Crippen LogP contribution in [0.1, 0.15) is 39.2 Å². The molecule has 0 radical (unpaired) electrons. The molecule has 1 aromatic rings. The van der Waals surface area contributed by atoms with Gasteiger partial charge >= 0.3 is 0 Å². The van der Waals surface area contributed by atoms with E-state index in [2.05, 4.69) is 44.3 Å². The van der Waals surface area contributed by atoms with Crippen molar-refractivity contribution in [2.45, 2.75) is 45.6 Å². The van der Waals surface area contributed by atoms with Crippen molar-refractivity contribution in [3.8, 4) is 5.75 Å². The SMILES string of the molecule is COc1ccccc1CC1(CNC(C)(C)C)CCOCC1. The van der Waals surface area contributed by atoms with Crippen LogP contribution in [0.5, 0.6) is 5.75 Å². The summed E-state index contributed by atoms with van der Waals surface area (Å²) in [7, 11) is 1.75. The van der Waals surface area contributed by atoms with Crippen molar-refractivity contribution in [3.05, 3.63) is 29.8 Å². The Labute approximate surface area is 129 Å². The normalized spacial score (nSPS) is 18.5. The lowest BCUT2D eigenvalue weighted by atomic mass is 9.74. The Morgan fingerprint density at radius 3 is 2.48 bits per heavy atom. The Kier molecular flexibility index (Phi) is 5.28. The van der Waals surface area contributed by atoms with Gasteiger partial charge in [-0.1, -0.05) is 18.2 Å². The highest BCUT2D eigenvalue weighted by Crippen LogP contribution is 2.36. The van der Waals surface area contributed by atoms with Gasteiger partial charge in [-0.05, 0) is 57.1 Å². The van der Waals surface area contributed by atoms with Crippen LogP contribution < -0.4 is 10.1 Å². The quantitative estimate of drug-likeness (QED) is 0.901. The Hall–Kier alpha value is -1.06. The molecule has 1 saturated heterocycles. The Balaban J connectivity index is 2.15. The van der Waals surface area contributed by atoms with Gasteiger partial charge in [0, 0.05) is 25.3 Å². The predicted octanol–water partition coefficient (Wildman–Crippen LogP) is 3.42. The van der Waals surface area contributed by atoms with Gasteiger partial charge in [0.2, 0.25) is 0 Å². The standard InChI is InChI=1S/C18H29NO2/c1-17(2,3)19-14-18(9-11-21-12-10-18)13-15-7-5-6-8-16(15)20-4/h5-8,19H,9-14H2,1-4H3. The molecular formula is C18H29NO2. The fourth-order valence-electron chi connectivity index (χ4n) is 2.93. The van der Waals surface area contributed by atoms with Crippen LogP contribution in [0.3, 0.4) is 0 Å². The summed E-state index contributed by atoms with van der Waals surface area (Å²) in [6, 6.07) is 8.38. The summed E-state index contributed by atoms with van der Waals surface area (Å²) in [6.45, 7) is 9.43. The van der Waals surface area contributed by atoms with E-state index >= 15 is 0 Å². The number of para-hydroxylation sites is 1. The lowest BCUT2D eigenvalue weighted by Crippen LogP contribution is -2.47. The number of ether oxygens (including phenoxy) is 2. The minimum absolute atomic E-state index is 0.145. The first kappa shape index (κ1) is 16.3. The first-order chi connectivity index (χ1) is 9.94. The molecule has 0 saturated carbocycles. The van der Waals surface area contributed by atoms with Gasteiger partial charge in [0.25, 0.3) is 0 Å². The van der Waals surface area contributed by atoms with Gasteiger partial charge in [-0.15, -0.1) is 0 Å². The molecule has 1 aliphatic rings. The molecule has 2 rings (SSSR count). The van der Waals surface area contributed by atoms with E-state index in [1.165, 1.54) is 5.56 Å². The Morgan fingerprint density at radius 2 is 1.86 bits per heavy atom. The van der Waals surface area contributed by atoms with Gasteiger partial charge in [0.15, 0.2) is 0 Å². The fraction of sp³-hybridized carbons (Fsp3) is 0.667. The molecule has 0 aromatic heterocycles. The third-order valence-corrected chi connectivity index (χ3v) is 4.31. The maximum Gasteiger partial charge on any atom is 0.122 e. The lowest BCUT2D eigenvalue weighted by Gasteiger charge is -2.40. The average Bonchev–Trinajstić information content (AvgIpc) is 2.46. The topological polar surface area (TPSA) is 30.5 Å². The molecule has 0 amide bonds. The second kappa shape index (κ2) is 6.80. The molecule has 0 spiro atoms. The predicted molar refractivity (Wildman–Crippen MR) is 86.9 cm³/mol. The van der Waals surface area contributed by atoms with E-state index in [0.29, 0.717) is 0 Å². The number of hydrogen-bond donors (Lipinski definition) is 1. The molecule has 1 heterocycles. The lowest BCUT2D eigenvalue weighted by molar-refractivity contribution is 0.0119. The largest absolute Gasteiger partial charge is 0.496 e. The number of methoxy groups -OCH3 is 1. The summed E-state index contributed by atoms with van der Waals surface area (Å²) in [4.78, 5) is 0. The Bertz CT molecular complexity index is 445. The van der Waals surface area contributed by atoms with E-state index in [-0.39, 0.29) is 11.0 Å². The number of rotatable bonds is 5. The van der Waals surface area contributed by atoms with Crippen molar-refractivity contribution in [1.82, 2.24) is 5.32 Å². The van der Waals surface area contributed by atoms with E-state index < -0.39 is 0 Å². The first-order valence-electron chi connectivity index (χ1n) is 7.89. The molecule has 3 heteroatoms. The second-order valence-corrected chi connectivity index (χ2v) is 7.20. The van der Waals surface area contributed by atoms with Crippen LogP contribution in [0.15, 0.2) is 24.3 Å². The van der Waals surface area contributed by atoms with Crippen molar-refractivity contribution in [1.29, 1.82) is 0 Å². The fourth-order valence-corrected chi connectivity index (χ4v) is 2.93. The highest BCUT2D eigenvalue weighted by molar-refractivity contribution is 5.34. The van der Waals surface area contributed by atoms with Gasteiger partial charge in [0.1, 0.15) is 5.75 Å². The highest BCUT2D eigenvalue weighted by atomic mass is 16.5. The maximum absolute atomic E-state index is 5.59. The molecule has 1 fully saturated rings. The molecule has 21 heavy (non-hydrogen) atoms. The summed E-state index contributed by atoms with van der Waals surface area (Å²) in [5.41, 5.74) is 1.71. The number of nitrogens with one attached hydrogen (secondary N) is 1. The zero-order chi connectivity index (χ0) is 15.3. The molecule has 1 aliphatic heterocycles. The van der Waals surface area contributed by atoms with Crippen molar-refractivity contribution < 1.29 is 9.47 Å². The van der Waals surface area contributed by atoms with E-state index in [1.54, 1.807) is 7.11 Å². The highest BCUT2D eigenvalue weighted by Gasteiger charge is 2.34. The van der Waals surface area contributed by atoms with E-state index in [4.69, 9.17) is 9.47 Å². The van der Waals surface area contributed by atoms with Crippen LogP contribution in [-0.2, 0) is 11.2 Å². The second-order valence-electron chi connectivity index (χ2n) is 7.20. The van der Waals surface area contributed by atoms with Crippen LogP contribution in [-0.4, -0.2) is 32.4 Å². The molecular weight excluding hydrogens is 262 g/mol. The van der Waals surface area contributed by atoms with Gasteiger partial charge in [-0.2, -0.15) is 0 Å². The van der Waals surface area contributed by atoms with E-state index in [1.807, 2.05) is 6.07 Å². The van der Waals surface area contributed by atoms with Crippen molar-refractivity contribution in [2.75, 3.05) is 26.9 Å². The molecule has 3 nitrogen and oxygen atoms in total. The molecule has 0 atom stereocenters. The van der Waals surface area contributed by atoms with E-state index in [9.17, 15) is 0 Å². The molecule has 1 aromatic carbocycles. The third-order valence-electron chi connectivity index (χ3n) is 4.31. The number of hydrogen-bond acceptors (Lipinski definition) is 3. The van der Waals surface area contributed by atoms with Crippen LogP contribution in [0.2, 0.25) is 0 Å². The summed E-state index contributed by atoms with van der Waals surface area (Å²) in [6.07, 6.45) is 3.26. The average molecular weight is 291 g/mol. The zero-order valence-electron chi connectivity index (χ0n) is 13.9. The molecule has 1 N–H and O–H groups in total. The smallest absolute Gasteiger partial charge is 0.122 e. The van der Waals surface area contributed by atoms with Gasteiger partial charge in [-0.25, -0.2) is 0 Å². The third kappa shape index (κ3) is 4.72. The van der Waals surface area contributed by atoms with Gasteiger partial charge in [-0.3, -0.25) is 0 Å².